The number of aromatic hydroxyl groups is 1. The molecule has 2 aromatic rings. The zero-order valence-electron chi connectivity index (χ0n) is 11.6. The summed E-state index contributed by atoms with van der Waals surface area (Å²) in [6.07, 6.45) is 0. The summed E-state index contributed by atoms with van der Waals surface area (Å²) >= 11 is 0. The zero-order chi connectivity index (χ0) is 15.4. The summed E-state index contributed by atoms with van der Waals surface area (Å²) in [4.78, 5) is 0. The number of rotatable bonds is 5. The van der Waals surface area contributed by atoms with Crippen LogP contribution < -0.4 is 14.8 Å². The molecule has 112 valence electrons. The molecule has 0 saturated heterocycles. The lowest BCUT2D eigenvalue weighted by Gasteiger charge is -2.13. The first kappa shape index (κ1) is 14.9. The molecule has 0 unspecified atom stereocenters. The van der Waals surface area contributed by atoms with Crippen molar-refractivity contribution in [2.45, 2.75) is 6.54 Å². The summed E-state index contributed by atoms with van der Waals surface area (Å²) in [6, 6.07) is 6.75. The molecule has 0 saturated carbocycles. The van der Waals surface area contributed by atoms with Crippen LogP contribution in [0.25, 0.3) is 0 Å². The molecule has 0 aliphatic carbocycles. The third kappa shape index (κ3) is 3.16. The minimum atomic E-state index is -0.673. The Morgan fingerprint density at radius 1 is 1.05 bits per heavy atom. The van der Waals surface area contributed by atoms with Crippen LogP contribution in [0.2, 0.25) is 0 Å². The molecule has 0 heterocycles. The van der Waals surface area contributed by atoms with Crippen LogP contribution in [0.3, 0.4) is 0 Å². The molecule has 0 fully saturated rings. The Morgan fingerprint density at radius 3 is 2.05 bits per heavy atom. The summed E-state index contributed by atoms with van der Waals surface area (Å²) in [7, 11) is 2.81. The van der Waals surface area contributed by atoms with Gasteiger partial charge in [-0.2, -0.15) is 0 Å². The van der Waals surface area contributed by atoms with Crippen molar-refractivity contribution in [2.75, 3.05) is 19.5 Å². The second kappa shape index (κ2) is 6.30. The van der Waals surface area contributed by atoms with Crippen molar-refractivity contribution in [2.24, 2.45) is 0 Å². The van der Waals surface area contributed by atoms with Gasteiger partial charge in [0, 0.05) is 6.54 Å². The first-order chi connectivity index (χ1) is 10.1. The molecular formula is C15H15F2NO3. The Hall–Kier alpha value is -2.50. The molecule has 2 N–H and O–H groups in total. The molecule has 2 aromatic carbocycles. The van der Waals surface area contributed by atoms with E-state index < -0.39 is 11.6 Å². The molecule has 0 atom stereocenters. The van der Waals surface area contributed by atoms with Gasteiger partial charge in [-0.25, -0.2) is 8.78 Å². The maximum Gasteiger partial charge on any atom is 0.200 e. The van der Waals surface area contributed by atoms with Gasteiger partial charge in [0.2, 0.25) is 5.75 Å². The van der Waals surface area contributed by atoms with E-state index in [1.54, 1.807) is 12.1 Å². The van der Waals surface area contributed by atoms with E-state index in [2.05, 4.69) is 5.32 Å². The third-order valence-electron chi connectivity index (χ3n) is 2.97. The van der Waals surface area contributed by atoms with Crippen LogP contribution in [0.15, 0.2) is 30.3 Å². The number of halogens is 2. The molecule has 0 radical (unpaired) electrons. The maximum absolute atomic E-state index is 13.5. The SMILES string of the molecule is COc1cc(CNc2c(F)cccc2F)cc(OC)c1O. The highest BCUT2D eigenvalue weighted by atomic mass is 19.1. The first-order valence-corrected chi connectivity index (χ1v) is 6.18. The number of benzene rings is 2. The number of nitrogens with one attached hydrogen (secondary N) is 1. The smallest absolute Gasteiger partial charge is 0.200 e. The van der Waals surface area contributed by atoms with Crippen LogP contribution >= 0.6 is 0 Å². The molecular weight excluding hydrogens is 280 g/mol. The van der Waals surface area contributed by atoms with Gasteiger partial charge >= 0.3 is 0 Å². The van der Waals surface area contributed by atoms with Crippen molar-refractivity contribution >= 4 is 5.69 Å². The fourth-order valence-electron chi connectivity index (χ4n) is 1.91. The fourth-order valence-corrected chi connectivity index (χ4v) is 1.91. The van der Waals surface area contributed by atoms with Crippen LogP contribution in [-0.2, 0) is 6.54 Å². The summed E-state index contributed by atoms with van der Waals surface area (Å²) in [5.41, 5.74) is 0.438. The van der Waals surface area contributed by atoms with E-state index in [9.17, 15) is 13.9 Å². The highest BCUT2D eigenvalue weighted by Gasteiger charge is 2.12. The number of anilines is 1. The number of methoxy groups -OCH3 is 2. The minimum absolute atomic E-state index is 0.124. The number of phenols is 1. The topological polar surface area (TPSA) is 50.7 Å². The summed E-state index contributed by atoms with van der Waals surface area (Å²) in [5, 5.41) is 12.5. The lowest BCUT2D eigenvalue weighted by molar-refractivity contribution is 0.339. The van der Waals surface area contributed by atoms with Crippen molar-refractivity contribution in [3.05, 3.63) is 47.5 Å². The second-order valence-electron chi connectivity index (χ2n) is 4.30. The van der Waals surface area contributed by atoms with Crippen molar-refractivity contribution < 1.29 is 23.4 Å². The number of ether oxygens (including phenoxy) is 2. The van der Waals surface area contributed by atoms with E-state index >= 15 is 0 Å². The van der Waals surface area contributed by atoms with E-state index in [0.29, 0.717) is 5.56 Å². The van der Waals surface area contributed by atoms with Crippen molar-refractivity contribution in [1.82, 2.24) is 0 Å². The lowest BCUT2D eigenvalue weighted by atomic mass is 10.1. The lowest BCUT2D eigenvalue weighted by Crippen LogP contribution is -2.04. The van der Waals surface area contributed by atoms with Crippen molar-refractivity contribution in [3.63, 3.8) is 0 Å². The quantitative estimate of drug-likeness (QED) is 0.888. The maximum atomic E-state index is 13.5. The van der Waals surface area contributed by atoms with Gasteiger partial charge in [-0.3, -0.25) is 0 Å². The van der Waals surface area contributed by atoms with Crippen molar-refractivity contribution in [3.8, 4) is 17.2 Å². The Kier molecular flexibility index (Phi) is 4.47. The molecule has 0 spiro atoms. The standard InChI is InChI=1S/C15H15F2NO3/c1-20-12-6-9(7-13(21-2)15(12)19)8-18-14-10(16)4-3-5-11(14)17/h3-7,18-19H,8H2,1-2H3. The first-order valence-electron chi connectivity index (χ1n) is 6.18. The van der Waals surface area contributed by atoms with E-state index in [-0.39, 0.29) is 29.5 Å². The molecule has 0 aliphatic rings. The molecule has 0 bridgehead atoms. The van der Waals surface area contributed by atoms with Gasteiger partial charge in [0.15, 0.2) is 11.5 Å². The number of para-hydroxylation sites is 1. The Balaban J connectivity index is 2.24. The Labute approximate surface area is 120 Å². The molecule has 4 nitrogen and oxygen atoms in total. The summed E-state index contributed by atoms with van der Waals surface area (Å²) < 4.78 is 37.1. The monoisotopic (exact) mass is 295 g/mol. The summed E-state index contributed by atoms with van der Waals surface area (Å²) in [6.45, 7) is 0.144. The van der Waals surface area contributed by atoms with Crippen LogP contribution in [0.5, 0.6) is 17.2 Å². The Morgan fingerprint density at radius 2 is 1.57 bits per heavy atom. The highest BCUT2D eigenvalue weighted by Crippen LogP contribution is 2.37. The average Bonchev–Trinajstić information content (AvgIpc) is 2.48. The van der Waals surface area contributed by atoms with Gasteiger partial charge in [-0.05, 0) is 29.8 Å². The number of hydrogen-bond acceptors (Lipinski definition) is 4. The molecule has 2 rings (SSSR count). The van der Waals surface area contributed by atoms with Gasteiger partial charge in [0.05, 0.1) is 14.2 Å². The van der Waals surface area contributed by atoms with Gasteiger partial charge < -0.3 is 19.9 Å². The van der Waals surface area contributed by atoms with Crippen LogP contribution in [0.1, 0.15) is 5.56 Å². The van der Waals surface area contributed by atoms with E-state index in [0.717, 1.165) is 0 Å². The highest BCUT2D eigenvalue weighted by molar-refractivity contribution is 5.54. The van der Waals surface area contributed by atoms with E-state index in [1.807, 2.05) is 0 Å². The molecule has 21 heavy (non-hydrogen) atoms. The number of hydrogen-bond donors (Lipinski definition) is 2. The van der Waals surface area contributed by atoms with E-state index in [1.165, 1.54) is 32.4 Å². The largest absolute Gasteiger partial charge is 0.502 e. The normalized spacial score (nSPS) is 10.3. The zero-order valence-corrected chi connectivity index (χ0v) is 11.6. The predicted octanol–water partition coefficient (Wildman–Crippen LogP) is 3.30. The van der Waals surface area contributed by atoms with Gasteiger partial charge in [-0.1, -0.05) is 6.07 Å². The molecule has 0 aliphatic heterocycles. The average molecular weight is 295 g/mol. The van der Waals surface area contributed by atoms with Gasteiger partial charge in [0.1, 0.15) is 17.3 Å². The van der Waals surface area contributed by atoms with Crippen molar-refractivity contribution in [1.29, 1.82) is 0 Å². The minimum Gasteiger partial charge on any atom is -0.502 e. The fraction of sp³-hybridized carbons (Fsp3) is 0.200. The molecule has 6 heteroatoms. The summed E-state index contributed by atoms with van der Waals surface area (Å²) in [5.74, 6) is -1.03. The molecule has 0 amide bonds. The second-order valence-corrected chi connectivity index (χ2v) is 4.30. The van der Waals surface area contributed by atoms with Gasteiger partial charge in [-0.15, -0.1) is 0 Å². The van der Waals surface area contributed by atoms with Crippen LogP contribution in [0, 0.1) is 11.6 Å². The predicted molar refractivity (Wildman–Crippen MR) is 74.9 cm³/mol. The van der Waals surface area contributed by atoms with Crippen LogP contribution in [0.4, 0.5) is 14.5 Å². The Bertz CT molecular complexity index is 602. The number of phenolic OH excluding ortho intramolecular Hbond substituents is 1. The van der Waals surface area contributed by atoms with E-state index in [4.69, 9.17) is 9.47 Å². The van der Waals surface area contributed by atoms with Crippen LogP contribution in [-0.4, -0.2) is 19.3 Å². The third-order valence-corrected chi connectivity index (χ3v) is 2.97. The molecule has 0 aromatic heterocycles. The van der Waals surface area contributed by atoms with Gasteiger partial charge in [0.25, 0.3) is 0 Å².